The van der Waals surface area contributed by atoms with Gasteiger partial charge in [-0.2, -0.15) is 0 Å². The van der Waals surface area contributed by atoms with Crippen molar-refractivity contribution in [3.8, 4) is 5.75 Å². The van der Waals surface area contributed by atoms with Crippen LogP contribution in [0.1, 0.15) is 27.6 Å². The predicted octanol–water partition coefficient (Wildman–Crippen LogP) is 2.73. The first-order chi connectivity index (χ1) is 13.6. The minimum atomic E-state index is -0.257. The number of amides is 2. The normalized spacial score (nSPS) is 10.4. The number of carbonyl (C=O) groups excluding carboxylic acids is 2. The number of benzene rings is 2. The molecule has 2 rings (SSSR count). The Morgan fingerprint density at radius 3 is 2.43 bits per heavy atom. The Morgan fingerprint density at radius 1 is 0.929 bits per heavy atom. The second kappa shape index (κ2) is 11.7. The monoisotopic (exact) mass is 386 g/mol. The van der Waals surface area contributed by atoms with Crippen molar-refractivity contribution in [2.24, 2.45) is 0 Å². The fraction of sp³-hybridized carbons (Fsp3) is 0.333. The Kier molecular flexibility index (Phi) is 8.97. The maximum Gasteiger partial charge on any atom is 0.255 e. The third-order valence-electron chi connectivity index (χ3n) is 3.79. The van der Waals surface area contributed by atoms with Gasteiger partial charge in [0.15, 0.2) is 0 Å². The minimum Gasteiger partial charge on any atom is -0.491 e. The largest absolute Gasteiger partial charge is 0.491 e. The van der Waals surface area contributed by atoms with Crippen LogP contribution in [0.4, 0.5) is 5.69 Å². The third-order valence-corrected chi connectivity index (χ3v) is 3.79. The number of anilines is 1. The van der Waals surface area contributed by atoms with Crippen LogP contribution in [-0.2, 0) is 9.47 Å². The summed E-state index contributed by atoms with van der Waals surface area (Å²) in [5.41, 5.74) is 1.59. The molecule has 0 fully saturated rings. The van der Waals surface area contributed by atoms with Gasteiger partial charge >= 0.3 is 0 Å². The Balaban J connectivity index is 1.91. The Hall–Kier alpha value is -2.90. The number of hydrogen-bond donors (Lipinski definition) is 2. The van der Waals surface area contributed by atoms with Crippen LogP contribution in [0.15, 0.2) is 48.5 Å². The lowest BCUT2D eigenvalue weighted by Crippen LogP contribution is -2.26. The number of nitrogens with one attached hydrogen (secondary N) is 2. The van der Waals surface area contributed by atoms with E-state index < -0.39 is 0 Å². The van der Waals surface area contributed by atoms with E-state index in [2.05, 4.69) is 10.6 Å². The quantitative estimate of drug-likeness (QED) is 0.580. The van der Waals surface area contributed by atoms with Crippen LogP contribution in [0.2, 0.25) is 0 Å². The van der Waals surface area contributed by atoms with Crippen LogP contribution in [-0.4, -0.2) is 51.9 Å². The van der Waals surface area contributed by atoms with Crippen molar-refractivity contribution in [2.45, 2.75) is 6.92 Å². The molecule has 0 aliphatic carbocycles. The molecule has 0 aliphatic heterocycles. The fourth-order valence-corrected chi connectivity index (χ4v) is 2.37. The van der Waals surface area contributed by atoms with Gasteiger partial charge in [-0.05, 0) is 49.4 Å². The van der Waals surface area contributed by atoms with Crippen LogP contribution in [0, 0.1) is 0 Å². The van der Waals surface area contributed by atoms with E-state index in [4.69, 9.17) is 14.2 Å². The van der Waals surface area contributed by atoms with Gasteiger partial charge in [-0.25, -0.2) is 0 Å². The SMILES string of the molecule is CCOCCOc1cccc(C(=O)Nc2ccc(C(=O)NCCOC)cc2)c1. The number of hydrogen-bond acceptors (Lipinski definition) is 5. The number of methoxy groups -OCH3 is 1. The Labute approximate surface area is 165 Å². The standard InChI is InChI=1S/C21H26N2O5/c1-3-27-13-14-28-19-6-4-5-17(15-19)21(25)23-18-9-7-16(8-10-18)20(24)22-11-12-26-2/h4-10,15H,3,11-14H2,1-2H3,(H,22,24)(H,23,25). The average molecular weight is 386 g/mol. The van der Waals surface area contributed by atoms with E-state index in [1.807, 2.05) is 6.92 Å². The van der Waals surface area contributed by atoms with Crippen LogP contribution >= 0.6 is 0 Å². The zero-order valence-corrected chi connectivity index (χ0v) is 16.2. The summed E-state index contributed by atoms with van der Waals surface area (Å²) in [5.74, 6) is 0.162. The van der Waals surface area contributed by atoms with E-state index in [0.29, 0.717) is 55.5 Å². The maximum absolute atomic E-state index is 12.5. The summed E-state index contributed by atoms with van der Waals surface area (Å²) < 4.78 is 15.7. The molecule has 28 heavy (non-hydrogen) atoms. The van der Waals surface area contributed by atoms with E-state index in [9.17, 15) is 9.59 Å². The molecular weight excluding hydrogens is 360 g/mol. The molecule has 0 aromatic heterocycles. The molecule has 0 saturated heterocycles. The highest BCUT2D eigenvalue weighted by Crippen LogP contribution is 2.16. The number of carbonyl (C=O) groups is 2. The molecule has 0 aliphatic rings. The zero-order valence-electron chi connectivity index (χ0n) is 16.2. The first-order valence-electron chi connectivity index (χ1n) is 9.13. The Bertz CT molecular complexity index is 762. The molecule has 0 heterocycles. The third kappa shape index (κ3) is 7.02. The summed E-state index contributed by atoms with van der Waals surface area (Å²) >= 11 is 0. The highest BCUT2D eigenvalue weighted by Gasteiger charge is 2.09. The molecule has 0 atom stereocenters. The number of ether oxygens (including phenoxy) is 3. The second-order valence-electron chi connectivity index (χ2n) is 5.85. The smallest absolute Gasteiger partial charge is 0.255 e. The highest BCUT2D eigenvalue weighted by molar-refractivity contribution is 6.04. The van der Waals surface area contributed by atoms with Crippen molar-refractivity contribution in [3.05, 3.63) is 59.7 Å². The van der Waals surface area contributed by atoms with Gasteiger partial charge in [0.2, 0.25) is 0 Å². The molecule has 0 radical (unpaired) electrons. The second-order valence-corrected chi connectivity index (χ2v) is 5.85. The van der Waals surface area contributed by atoms with Gasteiger partial charge in [0, 0.05) is 37.1 Å². The zero-order chi connectivity index (χ0) is 20.2. The summed E-state index contributed by atoms with van der Waals surface area (Å²) in [6.45, 7) is 4.38. The minimum absolute atomic E-state index is 0.188. The van der Waals surface area contributed by atoms with Crippen molar-refractivity contribution >= 4 is 17.5 Å². The van der Waals surface area contributed by atoms with E-state index in [1.54, 1.807) is 55.6 Å². The fourth-order valence-electron chi connectivity index (χ4n) is 2.37. The van der Waals surface area contributed by atoms with Gasteiger partial charge in [-0.1, -0.05) is 6.07 Å². The molecule has 0 bridgehead atoms. The van der Waals surface area contributed by atoms with E-state index in [-0.39, 0.29) is 11.8 Å². The highest BCUT2D eigenvalue weighted by atomic mass is 16.5. The summed E-state index contributed by atoms with van der Waals surface area (Å²) in [4.78, 5) is 24.4. The molecule has 7 nitrogen and oxygen atoms in total. The van der Waals surface area contributed by atoms with Crippen molar-refractivity contribution < 1.29 is 23.8 Å². The van der Waals surface area contributed by atoms with E-state index in [1.165, 1.54) is 0 Å². The lowest BCUT2D eigenvalue weighted by molar-refractivity contribution is 0.0936. The van der Waals surface area contributed by atoms with E-state index >= 15 is 0 Å². The summed E-state index contributed by atoms with van der Waals surface area (Å²) in [6.07, 6.45) is 0. The first kappa shape index (κ1) is 21.4. The van der Waals surface area contributed by atoms with Crippen LogP contribution < -0.4 is 15.4 Å². The summed E-state index contributed by atoms with van der Waals surface area (Å²) in [7, 11) is 1.58. The van der Waals surface area contributed by atoms with Gasteiger partial charge in [0.05, 0.1) is 13.2 Å². The molecule has 7 heteroatoms. The van der Waals surface area contributed by atoms with Gasteiger partial charge < -0.3 is 24.8 Å². The molecule has 0 saturated carbocycles. The molecule has 0 spiro atoms. The van der Waals surface area contributed by atoms with Crippen LogP contribution in [0.5, 0.6) is 5.75 Å². The topological polar surface area (TPSA) is 85.9 Å². The summed E-state index contributed by atoms with van der Waals surface area (Å²) in [5, 5.41) is 5.55. The van der Waals surface area contributed by atoms with Gasteiger partial charge in [0.1, 0.15) is 12.4 Å². The molecule has 2 aromatic rings. The molecule has 2 aromatic carbocycles. The van der Waals surface area contributed by atoms with Crippen molar-refractivity contribution in [2.75, 3.05) is 45.4 Å². The number of rotatable bonds is 11. The van der Waals surface area contributed by atoms with Crippen LogP contribution in [0.3, 0.4) is 0 Å². The van der Waals surface area contributed by atoms with Gasteiger partial charge in [-0.15, -0.1) is 0 Å². The van der Waals surface area contributed by atoms with Gasteiger partial charge in [0.25, 0.3) is 11.8 Å². The summed E-state index contributed by atoms with van der Waals surface area (Å²) in [6, 6.07) is 13.6. The lowest BCUT2D eigenvalue weighted by atomic mass is 10.1. The molecule has 2 N–H and O–H groups in total. The average Bonchev–Trinajstić information content (AvgIpc) is 2.72. The van der Waals surface area contributed by atoms with Crippen LogP contribution in [0.25, 0.3) is 0 Å². The van der Waals surface area contributed by atoms with Gasteiger partial charge in [-0.3, -0.25) is 9.59 Å². The lowest BCUT2D eigenvalue weighted by Gasteiger charge is -2.09. The predicted molar refractivity (Wildman–Crippen MR) is 107 cm³/mol. The molecule has 150 valence electrons. The maximum atomic E-state index is 12.5. The van der Waals surface area contributed by atoms with Crippen molar-refractivity contribution in [1.29, 1.82) is 0 Å². The molecular formula is C21H26N2O5. The van der Waals surface area contributed by atoms with Crippen molar-refractivity contribution in [3.63, 3.8) is 0 Å². The molecule has 0 unspecified atom stereocenters. The first-order valence-corrected chi connectivity index (χ1v) is 9.13. The van der Waals surface area contributed by atoms with Crippen molar-refractivity contribution in [1.82, 2.24) is 5.32 Å². The Morgan fingerprint density at radius 2 is 1.71 bits per heavy atom. The van der Waals surface area contributed by atoms with E-state index in [0.717, 1.165) is 0 Å². The molecule has 2 amide bonds.